The molecule has 138 valence electrons. The van der Waals surface area contributed by atoms with E-state index in [4.69, 9.17) is 26.2 Å². The lowest BCUT2D eigenvalue weighted by molar-refractivity contribution is -0.137. The summed E-state index contributed by atoms with van der Waals surface area (Å²) in [4.78, 5) is 15.5. The molecule has 3 aromatic rings. The van der Waals surface area contributed by atoms with Gasteiger partial charge in [-0.15, -0.1) is 11.3 Å². The van der Waals surface area contributed by atoms with Gasteiger partial charge in [0.05, 0.1) is 18.7 Å². The lowest BCUT2D eigenvalue weighted by Crippen LogP contribution is -2.07. The maximum atomic E-state index is 10.9. The maximum absolute atomic E-state index is 10.9. The lowest BCUT2D eigenvalue weighted by Gasteiger charge is -2.07. The topological polar surface area (TPSA) is 68.7 Å². The summed E-state index contributed by atoms with van der Waals surface area (Å²) in [6.45, 7) is 0.739. The summed E-state index contributed by atoms with van der Waals surface area (Å²) >= 11 is 7.47. The second-order valence-electron chi connectivity index (χ2n) is 6.24. The van der Waals surface area contributed by atoms with Crippen LogP contribution in [0.2, 0.25) is 5.02 Å². The van der Waals surface area contributed by atoms with Crippen LogP contribution in [0.15, 0.2) is 47.8 Å². The number of nitrogens with zero attached hydrogens (tertiary/aromatic N) is 1. The van der Waals surface area contributed by atoms with Crippen molar-refractivity contribution in [3.63, 3.8) is 0 Å². The molecule has 1 aliphatic heterocycles. The monoisotopic (exact) mass is 401 g/mol. The summed E-state index contributed by atoms with van der Waals surface area (Å²) in [5.74, 6) is 0.438. The van der Waals surface area contributed by atoms with Crippen LogP contribution in [-0.2, 0) is 11.4 Å². The molecule has 0 radical (unpaired) electrons. The van der Waals surface area contributed by atoms with Crippen LogP contribution < -0.4 is 9.47 Å². The van der Waals surface area contributed by atoms with Crippen molar-refractivity contribution >= 4 is 28.9 Å². The highest BCUT2D eigenvalue weighted by Crippen LogP contribution is 2.38. The molecule has 0 amide bonds. The van der Waals surface area contributed by atoms with E-state index in [0.29, 0.717) is 29.7 Å². The number of ether oxygens (including phenoxy) is 2. The number of hydrogen-bond donors (Lipinski definition) is 1. The zero-order valence-corrected chi connectivity index (χ0v) is 15.8. The molecular weight excluding hydrogens is 386 g/mol. The van der Waals surface area contributed by atoms with Gasteiger partial charge in [-0.25, -0.2) is 4.98 Å². The van der Waals surface area contributed by atoms with E-state index in [1.54, 1.807) is 11.3 Å². The van der Waals surface area contributed by atoms with E-state index in [0.717, 1.165) is 21.8 Å². The Kier molecular flexibility index (Phi) is 5.01. The van der Waals surface area contributed by atoms with Gasteiger partial charge in [0, 0.05) is 33.5 Å². The number of thiazole rings is 1. The van der Waals surface area contributed by atoms with Crippen molar-refractivity contribution in [1.29, 1.82) is 0 Å². The first kappa shape index (κ1) is 17.8. The van der Waals surface area contributed by atoms with Gasteiger partial charge in [-0.05, 0) is 18.2 Å². The fraction of sp³-hybridized carbons (Fsp3) is 0.200. The minimum absolute atomic E-state index is 0.0690. The molecule has 1 aromatic heterocycles. The van der Waals surface area contributed by atoms with E-state index in [2.05, 4.69) is 4.98 Å². The first-order valence-corrected chi connectivity index (χ1v) is 9.66. The Balaban J connectivity index is 1.41. The van der Waals surface area contributed by atoms with Crippen LogP contribution in [0.1, 0.15) is 23.6 Å². The normalized spacial score (nSPS) is 15.2. The predicted octanol–water partition coefficient (Wildman–Crippen LogP) is 4.99. The molecule has 4 rings (SSSR count). The van der Waals surface area contributed by atoms with Crippen LogP contribution in [0.3, 0.4) is 0 Å². The van der Waals surface area contributed by atoms with Gasteiger partial charge < -0.3 is 14.6 Å². The second kappa shape index (κ2) is 7.58. The quantitative estimate of drug-likeness (QED) is 0.629. The summed E-state index contributed by atoms with van der Waals surface area (Å²) in [6.07, 6.45) is 0.0690. The Hall–Kier alpha value is -2.57. The summed E-state index contributed by atoms with van der Waals surface area (Å²) in [5.41, 5.74) is 2.78. The number of aromatic nitrogens is 1. The van der Waals surface area contributed by atoms with Gasteiger partial charge in [0.2, 0.25) is 0 Å². The smallest absolute Gasteiger partial charge is 0.304 e. The van der Waals surface area contributed by atoms with Crippen LogP contribution in [-0.4, -0.2) is 22.7 Å². The molecule has 0 saturated heterocycles. The highest BCUT2D eigenvalue weighted by Gasteiger charge is 2.26. The maximum Gasteiger partial charge on any atom is 0.304 e. The molecule has 7 heteroatoms. The largest absolute Gasteiger partial charge is 0.492 e. The van der Waals surface area contributed by atoms with Crippen LogP contribution in [0.25, 0.3) is 10.6 Å². The molecule has 0 bridgehead atoms. The first-order valence-electron chi connectivity index (χ1n) is 8.40. The van der Waals surface area contributed by atoms with Gasteiger partial charge in [-0.2, -0.15) is 0 Å². The molecule has 2 aromatic carbocycles. The number of rotatable bonds is 6. The zero-order valence-electron chi connectivity index (χ0n) is 14.2. The number of carboxylic acid groups (broad SMARTS) is 1. The van der Waals surface area contributed by atoms with E-state index in [9.17, 15) is 4.79 Å². The SMILES string of the molecule is O=C(O)CC1COc2cc(OCc3csc(-c4ccc(Cl)cc4)n3)ccc21. The van der Waals surface area contributed by atoms with Crippen LogP contribution >= 0.6 is 22.9 Å². The van der Waals surface area contributed by atoms with Crippen molar-refractivity contribution in [2.75, 3.05) is 6.61 Å². The summed E-state index contributed by atoms with van der Waals surface area (Å²) in [5, 5.41) is 12.6. The number of fused-ring (bicyclic) bond motifs is 1. The predicted molar refractivity (Wildman–Crippen MR) is 104 cm³/mol. The summed E-state index contributed by atoms with van der Waals surface area (Å²) < 4.78 is 11.4. The van der Waals surface area contributed by atoms with E-state index in [-0.39, 0.29) is 12.3 Å². The number of halogens is 1. The molecule has 27 heavy (non-hydrogen) atoms. The van der Waals surface area contributed by atoms with Gasteiger partial charge in [0.1, 0.15) is 23.1 Å². The minimum atomic E-state index is -0.822. The Bertz CT molecular complexity index is 970. The summed E-state index contributed by atoms with van der Waals surface area (Å²) in [6, 6.07) is 13.1. The molecule has 0 aliphatic carbocycles. The van der Waals surface area contributed by atoms with Gasteiger partial charge >= 0.3 is 5.97 Å². The molecule has 1 unspecified atom stereocenters. The lowest BCUT2D eigenvalue weighted by atomic mass is 9.98. The van der Waals surface area contributed by atoms with Gasteiger partial charge in [-0.1, -0.05) is 29.8 Å². The molecule has 1 aliphatic rings. The third kappa shape index (κ3) is 4.07. The average Bonchev–Trinajstić information content (AvgIpc) is 3.27. The number of carbonyl (C=O) groups is 1. The number of benzene rings is 2. The Morgan fingerprint density at radius 2 is 2.11 bits per heavy atom. The van der Waals surface area contributed by atoms with Crippen molar-refractivity contribution < 1.29 is 19.4 Å². The van der Waals surface area contributed by atoms with Crippen LogP contribution in [0.5, 0.6) is 11.5 Å². The van der Waals surface area contributed by atoms with Crippen molar-refractivity contribution in [2.24, 2.45) is 0 Å². The Labute approximate surface area is 165 Å². The van der Waals surface area contributed by atoms with Gasteiger partial charge in [0.15, 0.2) is 0 Å². The summed E-state index contributed by atoms with van der Waals surface area (Å²) in [7, 11) is 0. The molecule has 5 nitrogen and oxygen atoms in total. The minimum Gasteiger partial charge on any atom is -0.492 e. The van der Waals surface area contributed by atoms with Crippen molar-refractivity contribution in [2.45, 2.75) is 18.9 Å². The van der Waals surface area contributed by atoms with E-state index in [1.165, 1.54) is 0 Å². The fourth-order valence-corrected chi connectivity index (χ4v) is 3.92. The average molecular weight is 402 g/mol. The standard InChI is InChI=1S/C20H16ClNO4S/c21-14-3-1-12(2-4-14)20-22-15(11-27-20)10-25-16-5-6-17-13(7-19(23)24)9-26-18(17)8-16/h1-6,8,11,13H,7,9-10H2,(H,23,24). The second-order valence-corrected chi connectivity index (χ2v) is 7.54. The van der Waals surface area contributed by atoms with E-state index < -0.39 is 5.97 Å². The number of hydrogen-bond acceptors (Lipinski definition) is 5. The fourth-order valence-electron chi connectivity index (χ4n) is 2.98. The molecule has 0 saturated carbocycles. The third-order valence-corrected chi connectivity index (χ3v) is 5.51. The van der Waals surface area contributed by atoms with E-state index in [1.807, 2.05) is 47.8 Å². The van der Waals surface area contributed by atoms with Crippen molar-refractivity contribution in [3.8, 4) is 22.1 Å². The molecule has 0 fully saturated rings. The molecular formula is C20H16ClNO4S. The highest BCUT2D eigenvalue weighted by molar-refractivity contribution is 7.13. The highest BCUT2D eigenvalue weighted by atomic mass is 35.5. The van der Waals surface area contributed by atoms with Crippen LogP contribution in [0.4, 0.5) is 0 Å². The zero-order chi connectivity index (χ0) is 18.8. The van der Waals surface area contributed by atoms with Gasteiger partial charge in [0.25, 0.3) is 0 Å². The Morgan fingerprint density at radius 1 is 1.30 bits per heavy atom. The number of carboxylic acids is 1. The third-order valence-electron chi connectivity index (χ3n) is 4.32. The first-order chi connectivity index (χ1) is 13.1. The Morgan fingerprint density at radius 3 is 2.89 bits per heavy atom. The molecule has 0 spiro atoms. The van der Waals surface area contributed by atoms with Crippen LogP contribution in [0, 0.1) is 0 Å². The van der Waals surface area contributed by atoms with E-state index >= 15 is 0 Å². The molecule has 2 heterocycles. The van der Waals surface area contributed by atoms with Crippen molar-refractivity contribution in [3.05, 3.63) is 64.1 Å². The molecule has 1 N–H and O–H groups in total. The number of aliphatic carboxylic acids is 1. The van der Waals surface area contributed by atoms with Gasteiger partial charge in [-0.3, -0.25) is 4.79 Å². The van der Waals surface area contributed by atoms with Crippen molar-refractivity contribution in [1.82, 2.24) is 4.98 Å². The molecule has 1 atom stereocenters.